The Labute approximate surface area is 122 Å². The predicted molar refractivity (Wildman–Crippen MR) is 74.4 cm³/mol. The highest BCUT2D eigenvalue weighted by Crippen LogP contribution is 2.33. The molecule has 1 aliphatic rings. The Morgan fingerprint density at radius 2 is 2.16 bits per heavy atom. The van der Waals surface area contributed by atoms with Gasteiger partial charge in [0.05, 0.1) is 17.9 Å². The number of aromatic nitrogens is 5. The van der Waals surface area contributed by atoms with E-state index in [0.29, 0.717) is 11.7 Å². The van der Waals surface area contributed by atoms with Gasteiger partial charge in [-0.3, -0.25) is 4.57 Å². The van der Waals surface area contributed by atoms with Gasteiger partial charge in [-0.05, 0) is 18.2 Å². The molecule has 0 unspecified atom stereocenters. The molecular weight excluding hydrogens is 330 g/mol. The maximum Gasteiger partial charge on any atom is 0.160 e. The number of rotatable bonds is 0. The molecule has 0 N–H and O–H groups in total. The molecule has 0 saturated carbocycles. The smallest absolute Gasteiger partial charge is 0.160 e. The molecule has 0 saturated heterocycles. The maximum absolute atomic E-state index is 6.16. The van der Waals surface area contributed by atoms with Gasteiger partial charge in [-0.25, -0.2) is 14.6 Å². The minimum absolute atomic E-state index is 0.497. The normalized spacial score (nSPS) is 12.5. The van der Waals surface area contributed by atoms with Crippen molar-refractivity contribution < 1.29 is 0 Å². The highest BCUT2D eigenvalue weighted by Gasteiger charge is 2.22. The molecule has 4 rings (SSSR count). The molecule has 0 bridgehead atoms. The van der Waals surface area contributed by atoms with Crippen molar-refractivity contribution in [2.45, 2.75) is 6.54 Å². The van der Waals surface area contributed by atoms with Crippen molar-refractivity contribution in [2.75, 3.05) is 0 Å². The van der Waals surface area contributed by atoms with E-state index < -0.39 is 0 Å². The number of halogens is 2. The van der Waals surface area contributed by atoms with Gasteiger partial charge in [-0.2, -0.15) is 5.10 Å². The van der Waals surface area contributed by atoms with Crippen molar-refractivity contribution in [1.29, 1.82) is 0 Å². The van der Waals surface area contributed by atoms with Crippen molar-refractivity contribution in [3.8, 4) is 17.1 Å². The molecule has 0 aliphatic carbocycles. The van der Waals surface area contributed by atoms with E-state index in [2.05, 4.69) is 31.0 Å². The molecule has 5 nitrogen and oxygen atoms in total. The second-order valence-electron chi connectivity index (χ2n) is 4.25. The molecule has 2 aromatic heterocycles. The predicted octanol–water partition coefficient (Wildman–Crippen LogP) is 2.91. The molecule has 19 heavy (non-hydrogen) atoms. The number of fused-ring (bicyclic) bond motifs is 5. The van der Waals surface area contributed by atoms with Crippen LogP contribution in [0.2, 0.25) is 5.15 Å². The molecule has 0 spiro atoms. The van der Waals surface area contributed by atoms with E-state index in [1.165, 1.54) is 0 Å². The SMILES string of the molecule is Clc1ncn2c1Cn1ncnc1-c1cc(Br)ccc1-2. The lowest BCUT2D eigenvalue weighted by Gasteiger charge is -2.08. The third kappa shape index (κ3) is 1.56. The van der Waals surface area contributed by atoms with E-state index in [-0.39, 0.29) is 0 Å². The summed E-state index contributed by atoms with van der Waals surface area (Å²) < 4.78 is 4.81. The monoisotopic (exact) mass is 335 g/mol. The van der Waals surface area contributed by atoms with Crippen LogP contribution in [-0.4, -0.2) is 24.3 Å². The number of nitrogens with zero attached hydrogens (tertiary/aromatic N) is 5. The zero-order valence-electron chi connectivity index (χ0n) is 9.59. The van der Waals surface area contributed by atoms with Crippen LogP contribution in [0, 0.1) is 0 Å². The Hall–Kier alpha value is -1.66. The van der Waals surface area contributed by atoms with Gasteiger partial charge >= 0.3 is 0 Å². The summed E-state index contributed by atoms with van der Waals surface area (Å²) in [6.45, 7) is 0.556. The molecule has 3 aromatic rings. The molecule has 0 atom stereocenters. The largest absolute Gasteiger partial charge is 0.299 e. The van der Waals surface area contributed by atoms with Gasteiger partial charge in [0.2, 0.25) is 0 Å². The Morgan fingerprint density at radius 1 is 1.26 bits per heavy atom. The first kappa shape index (κ1) is 11.2. The van der Waals surface area contributed by atoms with Gasteiger partial charge in [0.25, 0.3) is 0 Å². The Morgan fingerprint density at radius 3 is 3.05 bits per heavy atom. The fourth-order valence-corrected chi connectivity index (χ4v) is 2.88. The van der Waals surface area contributed by atoms with Crippen LogP contribution >= 0.6 is 27.5 Å². The summed E-state index contributed by atoms with van der Waals surface area (Å²) in [5.41, 5.74) is 2.92. The van der Waals surface area contributed by atoms with Crippen molar-refractivity contribution in [3.05, 3.63) is 46.2 Å². The topological polar surface area (TPSA) is 48.5 Å². The lowest BCUT2D eigenvalue weighted by molar-refractivity contribution is 0.677. The first-order valence-electron chi connectivity index (χ1n) is 5.64. The summed E-state index contributed by atoms with van der Waals surface area (Å²) in [5.74, 6) is 0.830. The lowest BCUT2D eigenvalue weighted by atomic mass is 10.1. The summed E-state index contributed by atoms with van der Waals surface area (Å²) in [4.78, 5) is 8.52. The first-order valence-corrected chi connectivity index (χ1v) is 6.81. The second kappa shape index (κ2) is 3.91. The van der Waals surface area contributed by atoms with Crippen LogP contribution in [0.15, 0.2) is 35.3 Å². The van der Waals surface area contributed by atoms with Crippen LogP contribution in [0.25, 0.3) is 17.1 Å². The number of benzene rings is 1. The van der Waals surface area contributed by atoms with Crippen LogP contribution in [0.4, 0.5) is 0 Å². The molecule has 1 aromatic carbocycles. The molecule has 0 fully saturated rings. The van der Waals surface area contributed by atoms with Crippen LogP contribution in [0.5, 0.6) is 0 Å². The van der Waals surface area contributed by atoms with Gasteiger partial charge in [-0.15, -0.1) is 0 Å². The van der Waals surface area contributed by atoms with E-state index >= 15 is 0 Å². The van der Waals surface area contributed by atoms with Crippen LogP contribution in [0.3, 0.4) is 0 Å². The molecule has 7 heteroatoms. The third-order valence-corrected chi connectivity index (χ3v) is 4.00. The molecule has 0 amide bonds. The molecule has 94 valence electrons. The van der Waals surface area contributed by atoms with Crippen molar-refractivity contribution in [1.82, 2.24) is 24.3 Å². The van der Waals surface area contributed by atoms with Gasteiger partial charge in [-0.1, -0.05) is 27.5 Å². The number of hydrogen-bond acceptors (Lipinski definition) is 3. The Bertz CT molecular complexity index is 791. The first-order chi connectivity index (χ1) is 9.24. The third-order valence-electron chi connectivity index (χ3n) is 3.19. The Kier molecular flexibility index (Phi) is 2.31. The van der Waals surface area contributed by atoms with Crippen LogP contribution in [-0.2, 0) is 6.54 Å². The van der Waals surface area contributed by atoms with Crippen molar-refractivity contribution >= 4 is 27.5 Å². The fourth-order valence-electron chi connectivity index (χ4n) is 2.33. The minimum atomic E-state index is 0.497. The zero-order valence-corrected chi connectivity index (χ0v) is 11.9. The van der Waals surface area contributed by atoms with E-state index in [1.807, 2.05) is 27.4 Å². The number of imidazole rings is 1. The van der Waals surface area contributed by atoms with Crippen LogP contribution < -0.4 is 0 Å². The van der Waals surface area contributed by atoms with E-state index in [4.69, 9.17) is 11.6 Å². The van der Waals surface area contributed by atoms with Crippen molar-refractivity contribution in [2.24, 2.45) is 0 Å². The maximum atomic E-state index is 6.16. The molecular formula is C12H7BrClN5. The van der Waals surface area contributed by atoms with E-state index in [0.717, 1.165) is 27.2 Å². The van der Waals surface area contributed by atoms with E-state index in [1.54, 1.807) is 12.7 Å². The van der Waals surface area contributed by atoms with Crippen molar-refractivity contribution in [3.63, 3.8) is 0 Å². The lowest BCUT2D eigenvalue weighted by Crippen LogP contribution is -2.04. The van der Waals surface area contributed by atoms with Gasteiger partial charge < -0.3 is 0 Å². The Balaban J connectivity index is 2.13. The zero-order chi connectivity index (χ0) is 13.0. The summed E-state index contributed by atoms with van der Waals surface area (Å²) in [7, 11) is 0. The molecule has 1 aliphatic heterocycles. The van der Waals surface area contributed by atoms with Crippen LogP contribution in [0.1, 0.15) is 5.69 Å². The summed E-state index contributed by atoms with van der Waals surface area (Å²) in [5, 5.41) is 4.75. The number of hydrogen-bond donors (Lipinski definition) is 0. The summed E-state index contributed by atoms with van der Waals surface area (Å²) in [6.07, 6.45) is 3.29. The quantitative estimate of drug-likeness (QED) is 0.496. The fraction of sp³-hybridized carbons (Fsp3) is 0.0833. The van der Waals surface area contributed by atoms with Gasteiger partial charge in [0.1, 0.15) is 12.7 Å². The standard InChI is InChI=1S/C12H7BrClN5/c13-7-1-2-9-8(3-7)12-15-5-17-19(12)4-10-11(14)16-6-18(9)10/h1-3,5-6H,4H2. The van der Waals surface area contributed by atoms with Gasteiger partial charge in [0, 0.05) is 10.0 Å². The highest BCUT2D eigenvalue weighted by atomic mass is 79.9. The summed E-state index contributed by atoms with van der Waals surface area (Å²) in [6, 6.07) is 6.03. The minimum Gasteiger partial charge on any atom is -0.299 e. The average Bonchev–Trinajstić information content (AvgIpc) is 2.96. The highest BCUT2D eigenvalue weighted by molar-refractivity contribution is 9.10. The van der Waals surface area contributed by atoms with Gasteiger partial charge in [0.15, 0.2) is 11.0 Å². The molecule has 0 radical (unpaired) electrons. The second-order valence-corrected chi connectivity index (χ2v) is 5.53. The molecule has 3 heterocycles. The van der Waals surface area contributed by atoms with E-state index in [9.17, 15) is 0 Å². The average molecular weight is 337 g/mol. The summed E-state index contributed by atoms with van der Waals surface area (Å²) >= 11 is 9.65.